The molecule has 0 bridgehead atoms. The first-order valence-corrected chi connectivity index (χ1v) is 8.72. The third-order valence-corrected chi connectivity index (χ3v) is 4.76. The van der Waals surface area contributed by atoms with E-state index < -0.39 is 10.0 Å². The Balaban J connectivity index is 2.62. The average molecular weight is 312 g/mol. The van der Waals surface area contributed by atoms with E-state index in [1.54, 1.807) is 0 Å². The van der Waals surface area contributed by atoms with Crippen LogP contribution in [0.25, 0.3) is 0 Å². The van der Waals surface area contributed by atoms with Crippen molar-refractivity contribution in [3.05, 3.63) is 29.8 Å². The second-order valence-electron chi connectivity index (χ2n) is 4.91. The predicted octanol–water partition coefficient (Wildman–Crippen LogP) is 1.90. The van der Waals surface area contributed by atoms with Crippen LogP contribution in [0, 0.1) is 0 Å². The molecule has 0 heterocycles. The predicted molar refractivity (Wildman–Crippen MR) is 84.0 cm³/mol. The van der Waals surface area contributed by atoms with Crippen molar-refractivity contribution in [1.29, 1.82) is 0 Å². The minimum absolute atomic E-state index is 0.0786. The summed E-state index contributed by atoms with van der Waals surface area (Å²) in [5.41, 5.74) is 0.508. The highest BCUT2D eigenvalue weighted by Gasteiger charge is 2.14. The van der Waals surface area contributed by atoms with Crippen LogP contribution in [0.5, 0.6) is 0 Å². The molecule has 0 radical (unpaired) electrons. The standard InChI is InChI=1S/C15H24N2O3S/c1-4-11-17(5-2)12-10-16-21(19,20)15-8-6-14(7-9-15)13(3)18/h6-9,16H,4-5,10-12H2,1-3H3. The summed E-state index contributed by atoms with van der Waals surface area (Å²) >= 11 is 0. The fourth-order valence-corrected chi connectivity index (χ4v) is 3.06. The summed E-state index contributed by atoms with van der Waals surface area (Å²) in [6.45, 7) is 8.55. The van der Waals surface area contributed by atoms with E-state index in [1.165, 1.54) is 31.2 Å². The molecule has 0 aliphatic carbocycles. The Morgan fingerprint density at radius 2 is 1.76 bits per heavy atom. The van der Waals surface area contributed by atoms with Gasteiger partial charge in [0.15, 0.2) is 5.78 Å². The van der Waals surface area contributed by atoms with Crippen molar-refractivity contribution in [2.24, 2.45) is 0 Å². The number of hydrogen-bond donors (Lipinski definition) is 1. The molecule has 0 saturated heterocycles. The van der Waals surface area contributed by atoms with Gasteiger partial charge < -0.3 is 4.90 Å². The second-order valence-corrected chi connectivity index (χ2v) is 6.68. The summed E-state index contributed by atoms with van der Waals surface area (Å²) in [4.78, 5) is 13.6. The lowest BCUT2D eigenvalue weighted by atomic mass is 10.2. The van der Waals surface area contributed by atoms with E-state index in [-0.39, 0.29) is 10.7 Å². The Morgan fingerprint density at radius 1 is 1.14 bits per heavy atom. The number of nitrogens with one attached hydrogen (secondary N) is 1. The molecule has 0 atom stereocenters. The van der Waals surface area contributed by atoms with Gasteiger partial charge in [0.25, 0.3) is 0 Å². The molecule has 0 aliphatic heterocycles. The summed E-state index contributed by atoms with van der Waals surface area (Å²) in [6, 6.07) is 5.99. The summed E-state index contributed by atoms with van der Waals surface area (Å²) in [6.07, 6.45) is 1.05. The number of rotatable bonds is 9. The van der Waals surface area contributed by atoms with Crippen LogP contribution in [-0.4, -0.2) is 45.3 Å². The molecule has 21 heavy (non-hydrogen) atoms. The molecule has 1 rings (SSSR count). The van der Waals surface area contributed by atoms with E-state index in [1.807, 2.05) is 0 Å². The van der Waals surface area contributed by atoms with Crippen LogP contribution in [0.3, 0.4) is 0 Å². The van der Waals surface area contributed by atoms with E-state index in [0.29, 0.717) is 18.7 Å². The van der Waals surface area contributed by atoms with E-state index in [9.17, 15) is 13.2 Å². The highest BCUT2D eigenvalue weighted by atomic mass is 32.2. The molecule has 0 aliphatic rings. The van der Waals surface area contributed by atoms with E-state index in [2.05, 4.69) is 23.5 Å². The van der Waals surface area contributed by atoms with Gasteiger partial charge in [0.2, 0.25) is 10.0 Å². The third-order valence-electron chi connectivity index (χ3n) is 3.28. The van der Waals surface area contributed by atoms with E-state index in [4.69, 9.17) is 0 Å². The number of nitrogens with zero attached hydrogens (tertiary/aromatic N) is 1. The third kappa shape index (κ3) is 5.57. The molecule has 0 amide bonds. The lowest BCUT2D eigenvalue weighted by Crippen LogP contribution is -2.35. The Morgan fingerprint density at radius 3 is 2.24 bits per heavy atom. The highest BCUT2D eigenvalue weighted by Crippen LogP contribution is 2.10. The first kappa shape index (κ1) is 17.8. The van der Waals surface area contributed by atoms with Crippen LogP contribution in [0.4, 0.5) is 0 Å². The van der Waals surface area contributed by atoms with E-state index in [0.717, 1.165) is 19.5 Å². The fourth-order valence-electron chi connectivity index (χ4n) is 2.03. The molecule has 0 saturated carbocycles. The van der Waals surface area contributed by atoms with Gasteiger partial charge in [-0.15, -0.1) is 0 Å². The number of benzene rings is 1. The molecule has 1 N–H and O–H groups in total. The summed E-state index contributed by atoms with van der Waals surface area (Å²) in [7, 11) is -3.51. The number of ketones is 1. The van der Waals surface area contributed by atoms with Crippen molar-refractivity contribution >= 4 is 15.8 Å². The number of likely N-dealkylation sites (N-methyl/N-ethyl adjacent to an activating group) is 1. The van der Waals surface area contributed by atoms with Gasteiger partial charge in [-0.25, -0.2) is 13.1 Å². The maximum Gasteiger partial charge on any atom is 0.240 e. The normalized spacial score (nSPS) is 11.8. The summed E-state index contributed by atoms with van der Waals surface area (Å²) in [5, 5.41) is 0. The van der Waals surface area contributed by atoms with Gasteiger partial charge in [0, 0.05) is 18.7 Å². The zero-order chi connectivity index (χ0) is 15.9. The Hall–Kier alpha value is -1.24. The highest BCUT2D eigenvalue weighted by molar-refractivity contribution is 7.89. The monoisotopic (exact) mass is 312 g/mol. The second kappa shape index (κ2) is 8.26. The topological polar surface area (TPSA) is 66.5 Å². The van der Waals surface area contributed by atoms with Crippen molar-refractivity contribution in [2.75, 3.05) is 26.2 Å². The molecular formula is C15H24N2O3S. The lowest BCUT2D eigenvalue weighted by Gasteiger charge is -2.19. The molecule has 1 aromatic rings. The number of sulfonamides is 1. The van der Waals surface area contributed by atoms with Gasteiger partial charge in [-0.05, 0) is 38.6 Å². The molecule has 5 nitrogen and oxygen atoms in total. The molecule has 1 aromatic carbocycles. The molecule has 0 fully saturated rings. The van der Waals surface area contributed by atoms with Gasteiger partial charge in [0.1, 0.15) is 0 Å². The van der Waals surface area contributed by atoms with Crippen LogP contribution < -0.4 is 4.72 Å². The van der Waals surface area contributed by atoms with Gasteiger partial charge in [-0.1, -0.05) is 26.0 Å². The minimum atomic E-state index is -3.51. The first-order valence-electron chi connectivity index (χ1n) is 7.23. The Kier molecular flexibility index (Phi) is 7.01. The Labute approximate surface area is 127 Å². The number of hydrogen-bond acceptors (Lipinski definition) is 4. The van der Waals surface area contributed by atoms with Gasteiger partial charge in [-0.2, -0.15) is 0 Å². The van der Waals surface area contributed by atoms with Crippen LogP contribution in [-0.2, 0) is 10.0 Å². The maximum absolute atomic E-state index is 12.1. The Bertz CT molecular complexity index is 553. The minimum Gasteiger partial charge on any atom is -0.302 e. The molecule has 0 unspecified atom stereocenters. The smallest absolute Gasteiger partial charge is 0.240 e. The SMILES string of the molecule is CCCN(CC)CCNS(=O)(=O)c1ccc(C(C)=O)cc1. The largest absolute Gasteiger partial charge is 0.302 e. The number of carbonyl (C=O) groups excluding carboxylic acids is 1. The van der Waals surface area contributed by atoms with Crippen LogP contribution in [0.15, 0.2) is 29.2 Å². The number of Topliss-reactive ketones (excluding diaryl/α,β-unsaturated/α-hetero) is 1. The maximum atomic E-state index is 12.1. The van der Waals surface area contributed by atoms with Crippen molar-refractivity contribution < 1.29 is 13.2 Å². The van der Waals surface area contributed by atoms with Gasteiger partial charge in [0.05, 0.1) is 4.90 Å². The molecular weight excluding hydrogens is 288 g/mol. The van der Waals surface area contributed by atoms with E-state index >= 15 is 0 Å². The van der Waals surface area contributed by atoms with Crippen molar-refractivity contribution in [1.82, 2.24) is 9.62 Å². The van der Waals surface area contributed by atoms with Crippen LogP contribution in [0.1, 0.15) is 37.6 Å². The number of carbonyl (C=O) groups is 1. The molecule has 0 aromatic heterocycles. The zero-order valence-electron chi connectivity index (χ0n) is 12.9. The van der Waals surface area contributed by atoms with Gasteiger partial charge in [-0.3, -0.25) is 4.79 Å². The van der Waals surface area contributed by atoms with Gasteiger partial charge >= 0.3 is 0 Å². The average Bonchev–Trinajstić information content (AvgIpc) is 2.46. The quantitative estimate of drug-likeness (QED) is 0.707. The zero-order valence-corrected chi connectivity index (χ0v) is 13.7. The molecule has 118 valence electrons. The van der Waals surface area contributed by atoms with Crippen LogP contribution >= 0.6 is 0 Å². The fraction of sp³-hybridized carbons (Fsp3) is 0.533. The van der Waals surface area contributed by atoms with Crippen LogP contribution in [0.2, 0.25) is 0 Å². The van der Waals surface area contributed by atoms with Crippen molar-refractivity contribution in [3.63, 3.8) is 0 Å². The summed E-state index contributed by atoms with van der Waals surface area (Å²) in [5.74, 6) is -0.0786. The summed E-state index contributed by atoms with van der Waals surface area (Å²) < 4.78 is 26.8. The van der Waals surface area contributed by atoms with Crippen molar-refractivity contribution in [2.45, 2.75) is 32.1 Å². The van der Waals surface area contributed by atoms with Crippen molar-refractivity contribution in [3.8, 4) is 0 Å². The lowest BCUT2D eigenvalue weighted by molar-refractivity contribution is 0.101. The molecule has 6 heteroatoms. The molecule has 0 spiro atoms. The first-order chi connectivity index (χ1) is 9.90.